The maximum Gasteiger partial charge on any atom is 0.224 e. The van der Waals surface area contributed by atoms with Crippen LogP contribution in [0.1, 0.15) is 37.8 Å². The fraction of sp³-hybridized carbons (Fsp3) is 0.458. The highest BCUT2D eigenvalue weighted by Crippen LogP contribution is 2.39. The second-order valence-electron chi connectivity index (χ2n) is 8.07. The number of aromatic hydroxyl groups is 1. The second kappa shape index (κ2) is 10.9. The van der Waals surface area contributed by atoms with E-state index in [1.807, 2.05) is 29.2 Å². The van der Waals surface area contributed by atoms with Crippen molar-refractivity contribution >= 4 is 5.91 Å². The molecule has 1 aliphatic heterocycles. The summed E-state index contributed by atoms with van der Waals surface area (Å²) in [6.45, 7) is 7.72. The summed E-state index contributed by atoms with van der Waals surface area (Å²) in [6, 6.07) is 13.7. The van der Waals surface area contributed by atoms with Gasteiger partial charge >= 0.3 is 0 Å². The number of benzene rings is 2. The minimum atomic E-state index is 0.0610. The number of hydrogen-bond acceptors (Lipinski definition) is 5. The molecular weight excluding hydrogens is 380 g/mol. The lowest BCUT2D eigenvalue weighted by Gasteiger charge is -2.25. The lowest BCUT2D eigenvalue weighted by atomic mass is 10.1. The summed E-state index contributed by atoms with van der Waals surface area (Å²) in [6.07, 6.45) is 1.20. The molecule has 0 atom stereocenters. The van der Waals surface area contributed by atoms with E-state index < -0.39 is 0 Å². The molecule has 0 radical (unpaired) electrons. The van der Waals surface area contributed by atoms with Crippen LogP contribution in [0, 0.1) is 5.92 Å². The highest BCUT2D eigenvalue weighted by molar-refractivity contribution is 5.76. The van der Waals surface area contributed by atoms with Crippen LogP contribution in [0.15, 0.2) is 42.5 Å². The average Bonchev–Trinajstić information content (AvgIpc) is 2.97. The van der Waals surface area contributed by atoms with Crippen molar-refractivity contribution in [1.29, 1.82) is 0 Å². The minimum Gasteiger partial charge on any atom is -0.504 e. The fourth-order valence-electron chi connectivity index (χ4n) is 3.50. The highest BCUT2D eigenvalue weighted by atomic mass is 16.5. The van der Waals surface area contributed by atoms with Crippen LogP contribution in [0.4, 0.5) is 0 Å². The van der Waals surface area contributed by atoms with E-state index in [-0.39, 0.29) is 11.7 Å². The summed E-state index contributed by atoms with van der Waals surface area (Å²) in [5.74, 6) is 1.44. The molecule has 1 heterocycles. The maximum atomic E-state index is 12.9. The van der Waals surface area contributed by atoms with Crippen LogP contribution < -0.4 is 14.8 Å². The van der Waals surface area contributed by atoms with Gasteiger partial charge in [-0.05, 0) is 29.2 Å². The molecule has 3 rings (SSSR count). The van der Waals surface area contributed by atoms with Crippen LogP contribution in [-0.2, 0) is 17.9 Å². The van der Waals surface area contributed by atoms with Gasteiger partial charge in [0.15, 0.2) is 11.5 Å². The van der Waals surface area contributed by atoms with Crippen molar-refractivity contribution in [2.45, 2.75) is 39.8 Å². The van der Waals surface area contributed by atoms with Crippen LogP contribution in [0.2, 0.25) is 0 Å². The number of hydrogen-bond donors (Lipinski definition) is 2. The molecule has 2 aromatic rings. The van der Waals surface area contributed by atoms with Gasteiger partial charge in [-0.15, -0.1) is 0 Å². The number of rotatable bonds is 9. The number of carbonyl (C=O) groups is 1. The molecule has 0 saturated heterocycles. The van der Waals surface area contributed by atoms with Gasteiger partial charge in [0.2, 0.25) is 11.7 Å². The molecule has 0 saturated carbocycles. The summed E-state index contributed by atoms with van der Waals surface area (Å²) in [4.78, 5) is 14.7. The largest absolute Gasteiger partial charge is 0.504 e. The Kier molecular flexibility index (Phi) is 7.97. The standard InChI is InChI=1S/C24H32N2O4/c1-18(2)16-26(23(28)9-10-25-15-19-7-4-3-5-8-19)17-20-13-21(27)24-22(14-20)29-11-6-12-30-24/h3-5,7-8,13-14,18,25,27H,6,9-12,15-17H2,1-2H3. The van der Waals surface area contributed by atoms with Crippen molar-refractivity contribution in [3.63, 3.8) is 0 Å². The van der Waals surface area contributed by atoms with E-state index in [4.69, 9.17) is 9.47 Å². The van der Waals surface area contributed by atoms with E-state index in [0.29, 0.717) is 56.7 Å². The lowest BCUT2D eigenvalue weighted by Crippen LogP contribution is -2.35. The molecule has 6 heteroatoms. The number of fused-ring (bicyclic) bond motifs is 1. The maximum absolute atomic E-state index is 12.9. The predicted molar refractivity (Wildman–Crippen MR) is 117 cm³/mol. The quantitative estimate of drug-likeness (QED) is 0.615. The van der Waals surface area contributed by atoms with Crippen LogP contribution in [-0.4, -0.2) is 42.2 Å². The number of ether oxygens (including phenoxy) is 2. The number of phenolic OH excluding ortho intramolecular Hbond substituents is 1. The number of carbonyl (C=O) groups excluding carboxylic acids is 1. The van der Waals surface area contributed by atoms with Crippen molar-refractivity contribution in [1.82, 2.24) is 10.2 Å². The summed E-state index contributed by atoms with van der Waals surface area (Å²) in [5, 5.41) is 13.7. The molecule has 0 aliphatic carbocycles. The Balaban J connectivity index is 1.60. The monoisotopic (exact) mass is 412 g/mol. The third-order valence-electron chi connectivity index (χ3n) is 4.89. The zero-order valence-electron chi connectivity index (χ0n) is 17.9. The molecule has 2 N–H and O–H groups in total. The second-order valence-corrected chi connectivity index (χ2v) is 8.07. The van der Waals surface area contributed by atoms with Crippen molar-refractivity contribution in [3.8, 4) is 17.2 Å². The first-order chi connectivity index (χ1) is 14.5. The number of nitrogens with zero attached hydrogens (tertiary/aromatic N) is 1. The molecular formula is C24H32N2O4. The topological polar surface area (TPSA) is 71.0 Å². The van der Waals surface area contributed by atoms with Gasteiger partial charge in [0, 0.05) is 39.0 Å². The van der Waals surface area contributed by atoms with E-state index in [1.165, 1.54) is 5.56 Å². The van der Waals surface area contributed by atoms with Crippen LogP contribution in [0.5, 0.6) is 17.2 Å². The molecule has 0 bridgehead atoms. The molecule has 2 aromatic carbocycles. The number of nitrogens with one attached hydrogen (secondary N) is 1. The Labute approximate surface area is 178 Å². The Morgan fingerprint density at radius 2 is 1.90 bits per heavy atom. The normalized spacial score (nSPS) is 13.2. The van der Waals surface area contributed by atoms with Crippen LogP contribution in [0.3, 0.4) is 0 Å². The van der Waals surface area contributed by atoms with Crippen molar-refractivity contribution < 1.29 is 19.4 Å². The summed E-state index contributed by atoms with van der Waals surface area (Å²) < 4.78 is 11.3. The first kappa shape index (κ1) is 22.0. The third-order valence-corrected chi connectivity index (χ3v) is 4.89. The van der Waals surface area contributed by atoms with E-state index in [1.54, 1.807) is 6.07 Å². The van der Waals surface area contributed by atoms with Gasteiger partial charge in [-0.2, -0.15) is 0 Å². The third kappa shape index (κ3) is 6.39. The molecule has 0 spiro atoms. The van der Waals surface area contributed by atoms with Gasteiger partial charge in [0.25, 0.3) is 0 Å². The first-order valence-corrected chi connectivity index (χ1v) is 10.7. The molecule has 30 heavy (non-hydrogen) atoms. The van der Waals surface area contributed by atoms with Gasteiger partial charge in [0.05, 0.1) is 13.2 Å². The van der Waals surface area contributed by atoms with E-state index in [0.717, 1.165) is 18.5 Å². The Morgan fingerprint density at radius 3 is 2.67 bits per heavy atom. The van der Waals surface area contributed by atoms with E-state index >= 15 is 0 Å². The van der Waals surface area contributed by atoms with Gasteiger partial charge in [-0.3, -0.25) is 4.79 Å². The Hall–Kier alpha value is -2.73. The van der Waals surface area contributed by atoms with E-state index in [2.05, 4.69) is 31.3 Å². The van der Waals surface area contributed by atoms with Crippen molar-refractivity contribution in [3.05, 3.63) is 53.6 Å². The predicted octanol–water partition coefficient (Wildman–Crippen LogP) is 3.72. The summed E-state index contributed by atoms with van der Waals surface area (Å²) in [5.41, 5.74) is 2.04. The van der Waals surface area contributed by atoms with Crippen molar-refractivity contribution in [2.24, 2.45) is 5.92 Å². The first-order valence-electron chi connectivity index (χ1n) is 10.7. The van der Waals surface area contributed by atoms with Crippen LogP contribution in [0.25, 0.3) is 0 Å². The van der Waals surface area contributed by atoms with Gasteiger partial charge < -0.3 is 24.8 Å². The van der Waals surface area contributed by atoms with Crippen molar-refractivity contribution in [2.75, 3.05) is 26.3 Å². The lowest BCUT2D eigenvalue weighted by molar-refractivity contribution is -0.132. The van der Waals surface area contributed by atoms with Crippen LogP contribution >= 0.6 is 0 Å². The SMILES string of the molecule is CC(C)CN(Cc1cc(O)c2c(c1)OCCCO2)C(=O)CCNCc1ccccc1. The molecule has 0 unspecified atom stereocenters. The summed E-state index contributed by atoms with van der Waals surface area (Å²) in [7, 11) is 0. The van der Waals surface area contributed by atoms with Gasteiger partial charge in [-0.25, -0.2) is 0 Å². The van der Waals surface area contributed by atoms with Gasteiger partial charge in [-0.1, -0.05) is 44.2 Å². The smallest absolute Gasteiger partial charge is 0.224 e. The molecule has 1 amide bonds. The Bertz CT molecular complexity index is 823. The molecule has 1 aliphatic rings. The van der Waals surface area contributed by atoms with Gasteiger partial charge in [0.1, 0.15) is 0 Å². The number of amides is 1. The molecule has 6 nitrogen and oxygen atoms in total. The fourth-order valence-corrected chi connectivity index (χ4v) is 3.50. The zero-order chi connectivity index (χ0) is 21.3. The number of phenols is 1. The molecule has 162 valence electrons. The molecule has 0 aromatic heterocycles. The average molecular weight is 413 g/mol. The van der Waals surface area contributed by atoms with E-state index in [9.17, 15) is 9.90 Å². The Morgan fingerprint density at radius 1 is 1.13 bits per heavy atom. The zero-order valence-corrected chi connectivity index (χ0v) is 17.9. The minimum absolute atomic E-state index is 0.0610. The highest BCUT2D eigenvalue weighted by Gasteiger charge is 2.20. The summed E-state index contributed by atoms with van der Waals surface area (Å²) >= 11 is 0. The molecule has 0 fully saturated rings.